The van der Waals surface area contributed by atoms with Crippen molar-refractivity contribution < 1.29 is 13.2 Å². The van der Waals surface area contributed by atoms with E-state index in [2.05, 4.69) is 0 Å². The van der Waals surface area contributed by atoms with Crippen LogP contribution < -0.4 is 5.73 Å². The maximum Gasteiger partial charge on any atom is 0.254 e. The number of rotatable bonds is 7. The molecule has 0 aliphatic carbocycles. The van der Waals surface area contributed by atoms with Crippen LogP contribution in [0, 0.1) is 6.92 Å². The number of carbonyl (C=O) groups excluding carboxylic acids is 1. The van der Waals surface area contributed by atoms with E-state index in [0.717, 1.165) is 11.8 Å². The molecule has 134 valence electrons. The average Bonchev–Trinajstić information content (AvgIpc) is 2.58. The molecule has 2 aromatic carbocycles. The SMILES string of the molecule is Cc1ccc(C(=O)N(CCCN)Cc2ccccc2)cc1S(C)(=O)=O. The Kier molecular flexibility index (Phi) is 6.33. The highest BCUT2D eigenvalue weighted by Crippen LogP contribution is 2.19. The van der Waals surface area contributed by atoms with Crippen LogP contribution in [0.3, 0.4) is 0 Å². The molecule has 25 heavy (non-hydrogen) atoms. The molecule has 2 aromatic rings. The van der Waals surface area contributed by atoms with Gasteiger partial charge in [-0.2, -0.15) is 0 Å². The first-order valence-corrected chi connectivity index (χ1v) is 10.1. The van der Waals surface area contributed by atoms with Crippen LogP contribution in [0.25, 0.3) is 0 Å². The third-order valence-electron chi connectivity index (χ3n) is 3.97. The van der Waals surface area contributed by atoms with E-state index in [1.165, 1.54) is 6.07 Å². The molecule has 0 bridgehead atoms. The van der Waals surface area contributed by atoms with Gasteiger partial charge in [0.1, 0.15) is 0 Å². The first kappa shape index (κ1) is 19.1. The molecule has 0 saturated carbocycles. The number of benzene rings is 2. The van der Waals surface area contributed by atoms with Gasteiger partial charge in [0.05, 0.1) is 4.90 Å². The van der Waals surface area contributed by atoms with Gasteiger partial charge in [-0.15, -0.1) is 0 Å². The summed E-state index contributed by atoms with van der Waals surface area (Å²) < 4.78 is 23.8. The minimum Gasteiger partial charge on any atom is -0.334 e. The summed E-state index contributed by atoms with van der Waals surface area (Å²) in [5.41, 5.74) is 7.62. The van der Waals surface area contributed by atoms with Crippen molar-refractivity contribution in [2.75, 3.05) is 19.3 Å². The summed E-state index contributed by atoms with van der Waals surface area (Å²) >= 11 is 0. The van der Waals surface area contributed by atoms with Gasteiger partial charge in [0.25, 0.3) is 5.91 Å². The van der Waals surface area contributed by atoms with Crippen LogP contribution in [-0.2, 0) is 16.4 Å². The van der Waals surface area contributed by atoms with Gasteiger partial charge in [0, 0.05) is 24.9 Å². The topological polar surface area (TPSA) is 80.5 Å². The van der Waals surface area contributed by atoms with Crippen molar-refractivity contribution in [3.05, 3.63) is 65.2 Å². The molecule has 2 rings (SSSR count). The normalized spacial score (nSPS) is 11.3. The number of hydrogen-bond acceptors (Lipinski definition) is 4. The van der Waals surface area contributed by atoms with Crippen molar-refractivity contribution in [1.82, 2.24) is 4.90 Å². The lowest BCUT2D eigenvalue weighted by molar-refractivity contribution is 0.0742. The van der Waals surface area contributed by atoms with Crippen LogP contribution in [0.4, 0.5) is 0 Å². The number of hydrogen-bond donors (Lipinski definition) is 1. The third-order valence-corrected chi connectivity index (χ3v) is 5.21. The zero-order chi connectivity index (χ0) is 18.4. The smallest absolute Gasteiger partial charge is 0.254 e. The van der Waals surface area contributed by atoms with E-state index in [-0.39, 0.29) is 10.8 Å². The number of carbonyl (C=O) groups is 1. The number of nitrogens with two attached hydrogens (primary N) is 1. The number of aryl methyl sites for hydroxylation is 1. The molecule has 0 aromatic heterocycles. The highest BCUT2D eigenvalue weighted by atomic mass is 32.2. The molecule has 2 N–H and O–H groups in total. The van der Waals surface area contributed by atoms with Gasteiger partial charge in [-0.3, -0.25) is 4.79 Å². The molecule has 0 atom stereocenters. The second-order valence-electron chi connectivity index (χ2n) is 6.11. The molecule has 0 heterocycles. The predicted octanol–water partition coefficient (Wildman–Crippen LogP) is 2.39. The maximum absolute atomic E-state index is 12.9. The Hall–Kier alpha value is -2.18. The molecule has 1 amide bonds. The Morgan fingerprint density at radius 1 is 1.12 bits per heavy atom. The summed E-state index contributed by atoms with van der Waals surface area (Å²) in [5.74, 6) is -0.192. The van der Waals surface area contributed by atoms with Gasteiger partial charge in [0.2, 0.25) is 0 Å². The van der Waals surface area contributed by atoms with Crippen molar-refractivity contribution in [1.29, 1.82) is 0 Å². The fourth-order valence-corrected chi connectivity index (χ4v) is 3.65. The zero-order valence-corrected chi connectivity index (χ0v) is 15.4. The highest BCUT2D eigenvalue weighted by Gasteiger charge is 2.19. The quantitative estimate of drug-likeness (QED) is 0.822. The second kappa shape index (κ2) is 8.27. The Balaban J connectivity index is 2.32. The molecule has 6 heteroatoms. The Bertz CT molecular complexity index is 833. The lowest BCUT2D eigenvalue weighted by atomic mass is 10.1. The second-order valence-corrected chi connectivity index (χ2v) is 8.09. The van der Waals surface area contributed by atoms with Crippen molar-refractivity contribution in [2.45, 2.75) is 24.8 Å². The Morgan fingerprint density at radius 3 is 2.40 bits per heavy atom. The first-order valence-electron chi connectivity index (χ1n) is 8.17. The van der Waals surface area contributed by atoms with Gasteiger partial charge < -0.3 is 10.6 Å². The van der Waals surface area contributed by atoms with Gasteiger partial charge in [-0.05, 0) is 43.1 Å². The summed E-state index contributed by atoms with van der Waals surface area (Å²) in [5, 5.41) is 0. The molecular weight excluding hydrogens is 336 g/mol. The minimum absolute atomic E-state index is 0.192. The molecule has 0 aliphatic rings. The first-order chi connectivity index (χ1) is 11.8. The Labute approximate surface area is 149 Å². The number of nitrogens with zero attached hydrogens (tertiary/aromatic N) is 1. The van der Waals surface area contributed by atoms with Crippen LogP contribution in [-0.4, -0.2) is 38.6 Å². The monoisotopic (exact) mass is 360 g/mol. The summed E-state index contributed by atoms with van der Waals surface area (Å²) in [7, 11) is -3.38. The number of amides is 1. The van der Waals surface area contributed by atoms with Crippen molar-refractivity contribution >= 4 is 15.7 Å². The van der Waals surface area contributed by atoms with E-state index in [1.54, 1.807) is 24.0 Å². The van der Waals surface area contributed by atoms with Gasteiger partial charge >= 0.3 is 0 Å². The van der Waals surface area contributed by atoms with Crippen LogP contribution in [0.5, 0.6) is 0 Å². The fourth-order valence-electron chi connectivity index (χ4n) is 2.65. The van der Waals surface area contributed by atoms with Crippen LogP contribution in [0.2, 0.25) is 0 Å². The summed E-state index contributed by atoms with van der Waals surface area (Å²) in [6, 6.07) is 14.5. The van der Waals surface area contributed by atoms with Crippen LogP contribution in [0.1, 0.15) is 27.9 Å². The van der Waals surface area contributed by atoms with Crippen molar-refractivity contribution in [3.63, 3.8) is 0 Å². The standard InChI is InChI=1S/C19H24N2O3S/c1-15-9-10-17(13-18(15)25(2,23)24)19(22)21(12-6-11-20)14-16-7-4-3-5-8-16/h3-5,7-10,13H,6,11-12,14,20H2,1-2H3. The van der Waals surface area contributed by atoms with E-state index in [4.69, 9.17) is 5.73 Å². The van der Waals surface area contributed by atoms with E-state index < -0.39 is 9.84 Å². The Morgan fingerprint density at radius 2 is 1.80 bits per heavy atom. The fraction of sp³-hybridized carbons (Fsp3) is 0.316. The van der Waals surface area contributed by atoms with E-state index in [0.29, 0.717) is 37.2 Å². The lowest BCUT2D eigenvalue weighted by Gasteiger charge is -2.23. The molecule has 0 saturated heterocycles. The van der Waals surface area contributed by atoms with Crippen LogP contribution in [0.15, 0.2) is 53.4 Å². The summed E-state index contributed by atoms with van der Waals surface area (Å²) in [4.78, 5) is 14.8. The molecule has 0 aliphatic heterocycles. The van der Waals surface area contributed by atoms with Crippen molar-refractivity contribution in [3.8, 4) is 0 Å². The largest absolute Gasteiger partial charge is 0.334 e. The molecule has 0 unspecified atom stereocenters. The maximum atomic E-state index is 12.9. The number of sulfone groups is 1. The van der Waals surface area contributed by atoms with E-state index >= 15 is 0 Å². The molecule has 0 radical (unpaired) electrons. The molecule has 0 spiro atoms. The third kappa shape index (κ3) is 5.14. The molecular formula is C19H24N2O3S. The van der Waals surface area contributed by atoms with E-state index in [9.17, 15) is 13.2 Å². The van der Waals surface area contributed by atoms with Gasteiger partial charge in [-0.1, -0.05) is 36.4 Å². The highest BCUT2D eigenvalue weighted by molar-refractivity contribution is 7.90. The predicted molar refractivity (Wildman–Crippen MR) is 99.1 cm³/mol. The van der Waals surface area contributed by atoms with Crippen LogP contribution >= 0.6 is 0 Å². The van der Waals surface area contributed by atoms with Gasteiger partial charge in [0.15, 0.2) is 9.84 Å². The average molecular weight is 360 g/mol. The molecule has 0 fully saturated rings. The zero-order valence-electron chi connectivity index (χ0n) is 14.6. The molecule has 5 nitrogen and oxygen atoms in total. The summed E-state index contributed by atoms with van der Waals surface area (Å²) in [6.07, 6.45) is 1.84. The summed E-state index contributed by atoms with van der Waals surface area (Å²) in [6.45, 7) is 3.19. The van der Waals surface area contributed by atoms with Crippen molar-refractivity contribution in [2.24, 2.45) is 5.73 Å². The lowest BCUT2D eigenvalue weighted by Crippen LogP contribution is -2.32. The van der Waals surface area contributed by atoms with E-state index in [1.807, 2.05) is 30.3 Å². The minimum atomic E-state index is -3.38. The van der Waals surface area contributed by atoms with Gasteiger partial charge in [-0.25, -0.2) is 8.42 Å².